The van der Waals surface area contributed by atoms with Gasteiger partial charge in [-0.2, -0.15) is 0 Å². The van der Waals surface area contributed by atoms with E-state index in [2.05, 4.69) is 16.0 Å². The molecule has 1 aromatic carbocycles. The number of carbonyl (C=O) groups is 2. The van der Waals surface area contributed by atoms with E-state index >= 15 is 0 Å². The molecule has 0 aliphatic carbocycles. The van der Waals surface area contributed by atoms with Gasteiger partial charge in [0.25, 0.3) is 0 Å². The molecule has 2 amide bonds. The standard InChI is InChI=1S/C13H20N4O2/c1-14-8-12(18)15-10-4-6-11(7-5-10)16-13(19)9-17(2)3/h4-7,14H,8-9H2,1-3H3,(H,15,18)(H,16,19). The second-order valence-electron chi connectivity index (χ2n) is 4.44. The number of rotatable bonds is 6. The molecule has 6 heteroatoms. The molecule has 0 aliphatic rings. The molecular formula is C13H20N4O2. The number of likely N-dealkylation sites (N-methyl/N-ethyl adjacent to an activating group) is 2. The maximum Gasteiger partial charge on any atom is 0.238 e. The molecule has 0 heterocycles. The Morgan fingerprint density at radius 2 is 1.47 bits per heavy atom. The lowest BCUT2D eigenvalue weighted by atomic mass is 10.2. The Hall–Kier alpha value is -1.92. The van der Waals surface area contributed by atoms with Crippen LogP contribution < -0.4 is 16.0 Å². The Bertz CT molecular complexity index is 429. The molecule has 0 saturated heterocycles. The van der Waals surface area contributed by atoms with Crippen LogP contribution in [0.5, 0.6) is 0 Å². The molecule has 0 fully saturated rings. The molecule has 0 spiro atoms. The normalized spacial score (nSPS) is 10.3. The van der Waals surface area contributed by atoms with Crippen LogP contribution in [0.4, 0.5) is 11.4 Å². The first-order valence-electron chi connectivity index (χ1n) is 6.00. The summed E-state index contributed by atoms with van der Waals surface area (Å²) in [6, 6.07) is 7.00. The van der Waals surface area contributed by atoms with E-state index in [0.29, 0.717) is 17.9 Å². The molecule has 6 nitrogen and oxygen atoms in total. The van der Waals surface area contributed by atoms with Crippen molar-refractivity contribution < 1.29 is 9.59 Å². The molecule has 1 aromatic rings. The molecule has 0 saturated carbocycles. The second kappa shape index (κ2) is 7.50. The van der Waals surface area contributed by atoms with Gasteiger partial charge >= 0.3 is 0 Å². The minimum Gasteiger partial charge on any atom is -0.325 e. The summed E-state index contributed by atoms with van der Waals surface area (Å²) in [4.78, 5) is 24.7. The monoisotopic (exact) mass is 264 g/mol. The molecule has 1 rings (SSSR count). The van der Waals surface area contributed by atoms with E-state index in [1.54, 1.807) is 36.2 Å². The van der Waals surface area contributed by atoms with Crippen LogP contribution in [0, 0.1) is 0 Å². The van der Waals surface area contributed by atoms with E-state index in [1.165, 1.54) is 0 Å². The maximum atomic E-state index is 11.5. The molecule has 104 valence electrons. The van der Waals surface area contributed by atoms with Crippen molar-refractivity contribution in [3.63, 3.8) is 0 Å². The van der Waals surface area contributed by atoms with Gasteiger partial charge in [0, 0.05) is 11.4 Å². The highest BCUT2D eigenvalue weighted by Crippen LogP contribution is 2.13. The zero-order chi connectivity index (χ0) is 14.3. The van der Waals surface area contributed by atoms with Gasteiger partial charge in [0.1, 0.15) is 0 Å². The quantitative estimate of drug-likeness (QED) is 0.693. The third kappa shape index (κ3) is 5.98. The Morgan fingerprint density at radius 3 is 1.89 bits per heavy atom. The lowest BCUT2D eigenvalue weighted by Gasteiger charge is -2.10. The highest BCUT2D eigenvalue weighted by atomic mass is 16.2. The van der Waals surface area contributed by atoms with Gasteiger partial charge < -0.3 is 20.9 Å². The highest BCUT2D eigenvalue weighted by Gasteiger charge is 2.04. The van der Waals surface area contributed by atoms with Gasteiger partial charge in [0.05, 0.1) is 13.1 Å². The van der Waals surface area contributed by atoms with Crippen LogP contribution in [0.1, 0.15) is 0 Å². The first-order chi connectivity index (χ1) is 9.01. The summed E-state index contributed by atoms with van der Waals surface area (Å²) >= 11 is 0. The first-order valence-corrected chi connectivity index (χ1v) is 6.00. The van der Waals surface area contributed by atoms with Crippen LogP contribution in [0.2, 0.25) is 0 Å². The Balaban J connectivity index is 2.52. The number of anilines is 2. The smallest absolute Gasteiger partial charge is 0.238 e. The predicted molar refractivity (Wildman–Crippen MR) is 76.2 cm³/mol. The van der Waals surface area contributed by atoms with Gasteiger partial charge in [0.15, 0.2) is 0 Å². The largest absolute Gasteiger partial charge is 0.325 e. The molecule has 0 unspecified atom stereocenters. The topological polar surface area (TPSA) is 73.5 Å². The van der Waals surface area contributed by atoms with Gasteiger partial charge in [0.2, 0.25) is 11.8 Å². The predicted octanol–water partition coefficient (Wildman–Crippen LogP) is 0.345. The Morgan fingerprint density at radius 1 is 1.00 bits per heavy atom. The fraction of sp³-hybridized carbons (Fsp3) is 0.385. The molecule has 0 aliphatic heterocycles. The fourth-order valence-electron chi connectivity index (χ4n) is 1.49. The molecule has 0 aromatic heterocycles. The number of carbonyl (C=O) groups excluding carboxylic acids is 2. The van der Waals surface area contributed by atoms with Crippen LogP contribution >= 0.6 is 0 Å². The van der Waals surface area contributed by atoms with Gasteiger partial charge in [-0.15, -0.1) is 0 Å². The number of hydrogen-bond donors (Lipinski definition) is 3. The SMILES string of the molecule is CNCC(=O)Nc1ccc(NC(=O)CN(C)C)cc1. The molecule has 0 radical (unpaired) electrons. The van der Waals surface area contributed by atoms with E-state index in [9.17, 15) is 9.59 Å². The number of hydrogen-bond acceptors (Lipinski definition) is 4. The second-order valence-corrected chi connectivity index (χ2v) is 4.44. The summed E-state index contributed by atoms with van der Waals surface area (Å²) in [6.07, 6.45) is 0. The number of nitrogens with one attached hydrogen (secondary N) is 3. The first kappa shape index (κ1) is 15.1. The third-order valence-electron chi connectivity index (χ3n) is 2.25. The average molecular weight is 264 g/mol. The van der Waals surface area contributed by atoms with Crippen molar-refractivity contribution in [2.45, 2.75) is 0 Å². The summed E-state index contributed by atoms with van der Waals surface area (Å²) in [5.74, 6) is -0.177. The molecular weight excluding hydrogens is 244 g/mol. The van der Waals surface area contributed by atoms with Crippen molar-refractivity contribution in [3.05, 3.63) is 24.3 Å². The van der Waals surface area contributed by atoms with E-state index < -0.39 is 0 Å². The number of nitrogens with zero attached hydrogens (tertiary/aromatic N) is 1. The lowest BCUT2D eigenvalue weighted by molar-refractivity contribution is -0.117. The fourth-order valence-corrected chi connectivity index (χ4v) is 1.49. The molecule has 0 atom stereocenters. The van der Waals surface area contributed by atoms with Crippen LogP contribution in [0.25, 0.3) is 0 Å². The zero-order valence-corrected chi connectivity index (χ0v) is 11.5. The third-order valence-corrected chi connectivity index (χ3v) is 2.25. The summed E-state index contributed by atoms with van der Waals surface area (Å²) in [6.45, 7) is 0.599. The number of benzene rings is 1. The Kier molecular flexibility index (Phi) is 5.98. The van der Waals surface area contributed by atoms with Crippen molar-refractivity contribution in [1.82, 2.24) is 10.2 Å². The highest BCUT2D eigenvalue weighted by molar-refractivity contribution is 5.94. The molecule has 19 heavy (non-hydrogen) atoms. The van der Waals surface area contributed by atoms with Crippen molar-refractivity contribution in [1.29, 1.82) is 0 Å². The van der Waals surface area contributed by atoms with Crippen LogP contribution in [0.3, 0.4) is 0 Å². The minimum atomic E-state index is -0.105. The summed E-state index contributed by atoms with van der Waals surface area (Å²) in [7, 11) is 5.38. The van der Waals surface area contributed by atoms with Crippen LogP contribution in [0.15, 0.2) is 24.3 Å². The summed E-state index contributed by atoms with van der Waals surface area (Å²) in [5.41, 5.74) is 1.41. The van der Waals surface area contributed by atoms with Crippen molar-refractivity contribution in [3.8, 4) is 0 Å². The number of amides is 2. The maximum absolute atomic E-state index is 11.5. The van der Waals surface area contributed by atoms with Crippen LogP contribution in [-0.2, 0) is 9.59 Å². The summed E-state index contributed by atoms with van der Waals surface area (Å²) < 4.78 is 0. The average Bonchev–Trinajstić information content (AvgIpc) is 2.31. The van der Waals surface area contributed by atoms with Gasteiger partial charge in [-0.05, 0) is 45.4 Å². The van der Waals surface area contributed by atoms with E-state index in [1.807, 2.05) is 14.1 Å². The van der Waals surface area contributed by atoms with E-state index in [0.717, 1.165) is 0 Å². The van der Waals surface area contributed by atoms with E-state index in [-0.39, 0.29) is 18.4 Å². The lowest BCUT2D eigenvalue weighted by Crippen LogP contribution is -2.27. The van der Waals surface area contributed by atoms with Crippen molar-refractivity contribution >= 4 is 23.2 Å². The van der Waals surface area contributed by atoms with Crippen molar-refractivity contribution in [2.75, 3.05) is 44.9 Å². The van der Waals surface area contributed by atoms with Gasteiger partial charge in [-0.25, -0.2) is 0 Å². The van der Waals surface area contributed by atoms with Gasteiger partial charge in [-0.3, -0.25) is 9.59 Å². The zero-order valence-electron chi connectivity index (χ0n) is 11.5. The van der Waals surface area contributed by atoms with E-state index in [4.69, 9.17) is 0 Å². The van der Waals surface area contributed by atoms with Gasteiger partial charge in [-0.1, -0.05) is 0 Å². The summed E-state index contributed by atoms with van der Waals surface area (Å²) in [5, 5.41) is 8.28. The van der Waals surface area contributed by atoms with Crippen molar-refractivity contribution in [2.24, 2.45) is 0 Å². The minimum absolute atomic E-state index is 0.0723. The van der Waals surface area contributed by atoms with Crippen LogP contribution in [-0.4, -0.2) is 50.9 Å². The molecule has 3 N–H and O–H groups in total. The Labute approximate surface area is 113 Å². The molecule has 0 bridgehead atoms.